The van der Waals surface area contributed by atoms with Gasteiger partial charge in [0.15, 0.2) is 0 Å². The molecule has 0 unspecified atom stereocenters. The van der Waals surface area contributed by atoms with Crippen LogP contribution in [0.2, 0.25) is 0 Å². The average Bonchev–Trinajstić information content (AvgIpc) is 3.92. The van der Waals surface area contributed by atoms with Crippen molar-refractivity contribution in [3.8, 4) is 11.3 Å². The number of hydrogen-bond acceptors (Lipinski definition) is 11. The van der Waals surface area contributed by atoms with Crippen LogP contribution in [-0.2, 0) is 22.3 Å². The van der Waals surface area contributed by atoms with Crippen LogP contribution in [0.1, 0.15) is 48.9 Å². The molecule has 0 saturated heterocycles. The maximum absolute atomic E-state index is 12.6. The number of thiophene rings is 1. The van der Waals surface area contributed by atoms with Gasteiger partial charge in [-0.05, 0) is 104 Å². The summed E-state index contributed by atoms with van der Waals surface area (Å²) in [5, 5.41) is 5.84. The van der Waals surface area contributed by atoms with Crippen LogP contribution in [0.3, 0.4) is 0 Å². The van der Waals surface area contributed by atoms with E-state index < -0.39 is 0 Å². The molecule has 13 heteroatoms. The summed E-state index contributed by atoms with van der Waals surface area (Å²) in [6.07, 6.45) is 8.60. The third-order valence-electron chi connectivity index (χ3n) is 8.39. The van der Waals surface area contributed by atoms with Crippen molar-refractivity contribution < 1.29 is 19.1 Å². The quantitative estimate of drug-likeness (QED) is 0.129. The van der Waals surface area contributed by atoms with E-state index in [2.05, 4.69) is 30.6 Å². The number of aryl methyl sites for hydroxylation is 3. The van der Waals surface area contributed by atoms with Gasteiger partial charge in [-0.1, -0.05) is 24.3 Å². The standard InChI is InChI=1S/C22H21N5O2.C17H19N3O2S/c23-22-27-19(14-29-22)6-3-15-1-4-18(5-2-15)26-21(28)17-9-12-25-20(13-17)16-7-10-24-11-8-16;1-11-2-9-15(23-11)16(21)19-13-6-3-12(4-7-13)5-8-14-10-22-17(18)20-14/h1-2,4-5,7-13,19H,3,6,14H2,(H2,23,27)(H,26,28);2-4,6-7,9,14H,5,8,10H2,1H3,(H2,18,20)(H,19,21)/t19-;14-/m00/s1. The van der Waals surface area contributed by atoms with E-state index in [0.29, 0.717) is 18.8 Å². The molecular formula is C39H40N8O4S. The lowest BCUT2D eigenvalue weighted by Gasteiger charge is -2.09. The SMILES string of the molecule is Cc1ccc(C(=O)Nc2ccc(CC[C@H]3COC(N)=N3)cc2)s1.NC1=N[C@@H](CCc2ccc(NC(=O)c3ccnc(-c4ccncc4)c3)cc2)CO1. The molecule has 2 atom stereocenters. The Hall–Kier alpha value is -6.08. The number of benzene rings is 2. The van der Waals surface area contributed by atoms with Crippen molar-refractivity contribution in [3.05, 3.63) is 130 Å². The number of hydrogen-bond donors (Lipinski definition) is 4. The van der Waals surface area contributed by atoms with E-state index in [0.717, 1.165) is 58.1 Å². The Kier molecular flexibility index (Phi) is 11.8. The molecule has 52 heavy (non-hydrogen) atoms. The van der Waals surface area contributed by atoms with E-state index >= 15 is 0 Å². The molecule has 2 aliphatic heterocycles. The van der Waals surface area contributed by atoms with Crippen LogP contribution >= 0.6 is 11.3 Å². The van der Waals surface area contributed by atoms with E-state index in [1.807, 2.05) is 79.7 Å². The third-order valence-corrected chi connectivity index (χ3v) is 9.38. The molecule has 12 nitrogen and oxygen atoms in total. The monoisotopic (exact) mass is 716 g/mol. The van der Waals surface area contributed by atoms with Crippen LogP contribution in [-0.4, -0.2) is 59.1 Å². The summed E-state index contributed by atoms with van der Waals surface area (Å²) < 4.78 is 10.3. The number of ether oxygens (including phenoxy) is 2. The Bertz CT molecular complexity index is 2030. The smallest absolute Gasteiger partial charge is 0.282 e. The molecular weight excluding hydrogens is 677 g/mol. The Morgan fingerprint density at radius 3 is 1.79 bits per heavy atom. The Morgan fingerprint density at radius 1 is 0.731 bits per heavy atom. The molecule has 6 N–H and O–H groups in total. The fourth-order valence-corrected chi connectivity index (χ4v) is 6.31. The number of nitrogens with zero attached hydrogens (tertiary/aromatic N) is 4. The van der Waals surface area contributed by atoms with Gasteiger partial charge in [0, 0.05) is 46.0 Å². The lowest BCUT2D eigenvalue weighted by atomic mass is 10.1. The predicted molar refractivity (Wildman–Crippen MR) is 205 cm³/mol. The van der Waals surface area contributed by atoms with Gasteiger partial charge in [0.2, 0.25) is 0 Å². The summed E-state index contributed by atoms with van der Waals surface area (Å²) in [7, 11) is 0. The molecule has 0 bridgehead atoms. The first-order chi connectivity index (χ1) is 25.3. The molecule has 0 radical (unpaired) electrons. The molecule has 266 valence electrons. The second-order valence-electron chi connectivity index (χ2n) is 12.3. The number of aliphatic imine (C=N–C) groups is 2. The fraction of sp³-hybridized carbons (Fsp3) is 0.231. The van der Waals surface area contributed by atoms with Gasteiger partial charge >= 0.3 is 0 Å². The van der Waals surface area contributed by atoms with E-state index in [-0.39, 0.29) is 35.9 Å². The summed E-state index contributed by atoms with van der Waals surface area (Å²) >= 11 is 1.49. The Morgan fingerprint density at radius 2 is 1.29 bits per heavy atom. The molecule has 0 saturated carbocycles. The van der Waals surface area contributed by atoms with Gasteiger partial charge in [0.25, 0.3) is 23.9 Å². The Balaban J connectivity index is 0.000000183. The minimum absolute atomic E-state index is 0.0660. The highest BCUT2D eigenvalue weighted by molar-refractivity contribution is 7.14. The highest BCUT2D eigenvalue weighted by Gasteiger charge is 2.17. The van der Waals surface area contributed by atoms with Crippen LogP contribution in [0.4, 0.5) is 11.4 Å². The van der Waals surface area contributed by atoms with Crippen molar-refractivity contribution >= 4 is 46.6 Å². The highest BCUT2D eigenvalue weighted by atomic mass is 32.1. The number of carbonyl (C=O) groups is 2. The second-order valence-corrected chi connectivity index (χ2v) is 13.6. The molecule has 5 heterocycles. The van der Waals surface area contributed by atoms with Crippen LogP contribution < -0.4 is 22.1 Å². The number of aromatic nitrogens is 2. The number of amidine groups is 2. The zero-order valence-electron chi connectivity index (χ0n) is 28.7. The molecule has 2 amide bonds. The summed E-state index contributed by atoms with van der Waals surface area (Å²) in [4.78, 5) is 43.4. The normalized spacial score (nSPS) is 16.0. The molecule has 0 fully saturated rings. The fourth-order valence-electron chi connectivity index (χ4n) is 5.55. The molecule has 0 spiro atoms. The molecule has 2 aliphatic rings. The van der Waals surface area contributed by atoms with Gasteiger partial charge in [-0.3, -0.25) is 19.6 Å². The van der Waals surface area contributed by atoms with Crippen LogP contribution in [0.5, 0.6) is 0 Å². The van der Waals surface area contributed by atoms with Crippen LogP contribution in [0.25, 0.3) is 11.3 Å². The highest BCUT2D eigenvalue weighted by Crippen LogP contribution is 2.21. The van der Waals surface area contributed by atoms with Crippen molar-refractivity contribution in [1.29, 1.82) is 0 Å². The maximum Gasteiger partial charge on any atom is 0.282 e. The minimum atomic E-state index is -0.177. The van der Waals surface area contributed by atoms with Crippen LogP contribution in [0.15, 0.2) is 114 Å². The van der Waals surface area contributed by atoms with E-state index in [4.69, 9.17) is 20.9 Å². The molecule has 7 rings (SSSR count). The lowest BCUT2D eigenvalue weighted by Crippen LogP contribution is -2.12. The first-order valence-corrected chi connectivity index (χ1v) is 17.7. The summed E-state index contributed by atoms with van der Waals surface area (Å²) in [6, 6.07) is 27.6. The second kappa shape index (κ2) is 17.2. The van der Waals surface area contributed by atoms with E-state index in [1.54, 1.807) is 30.7 Å². The first kappa shape index (κ1) is 35.7. The van der Waals surface area contributed by atoms with Gasteiger partial charge in [-0.15, -0.1) is 11.3 Å². The van der Waals surface area contributed by atoms with Crippen LogP contribution in [0, 0.1) is 6.92 Å². The van der Waals surface area contributed by atoms with Gasteiger partial charge in [0.05, 0.1) is 22.7 Å². The molecule has 0 aliphatic carbocycles. The number of amides is 2. The molecule has 5 aromatic rings. The first-order valence-electron chi connectivity index (χ1n) is 16.9. The Labute approximate surface area is 306 Å². The van der Waals surface area contributed by atoms with Crippen molar-refractivity contribution in [1.82, 2.24) is 9.97 Å². The van der Waals surface area contributed by atoms with E-state index in [1.165, 1.54) is 22.5 Å². The number of nitrogens with one attached hydrogen (secondary N) is 2. The average molecular weight is 717 g/mol. The van der Waals surface area contributed by atoms with Gasteiger partial charge < -0.3 is 31.6 Å². The zero-order valence-corrected chi connectivity index (χ0v) is 29.5. The zero-order chi connectivity index (χ0) is 36.3. The summed E-state index contributed by atoms with van der Waals surface area (Å²) in [5.74, 6) is -0.243. The third kappa shape index (κ3) is 10.2. The predicted octanol–water partition coefficient (Wildman–Crippen LogP) is 6.00. The van der Waals surface area contributed by atoms with Gasteiger partial charge in [-0.25, -0.2) is 9.98 Å². The van der Waals surface area contributed by atoms with Crippen molar-refractivity contribution in [2.75, 3.05) is 23.8 Å². The number of rotatable bonds is 11. The molecule has 3 aromatic heterocycles. The molecule has 2 aromatic carbocycles. The number of pyridine rings is 2. The number of anilines is 2. The topological polar surface area (TPSA) is 179 Å². The minimum Gasteiger partial charge on any atom is -0.463 e. The number of nitrogens with two attached hydrogens (primary N) is 2. The summed E-state index contributed by atoms with van der Waals surface area (Å²) in [5.41, 5.74) is 17.1. The summed E-state index contributed by atoms with van der Waals surface area (Å²) in [6.45, 7) is 3.11. The largest absolute Gasteiger partial charge is 0.463 e. The van der Waals surface area contributed by atoms with Crippen molar-refractivity contribution in [3.63, 3.8) is 0 Å². The van der Waals surface area contributed by atoms with Crippen molar-refractivity contribution in [2.24, 2.45) is 21.5 Å². The number of carbonyl (C=O) groups excluding carboxylic acids is 2. The van der Waals surface area contributed by atoms with Crippen molar-refractivity contribution in [2.45, 2.75) is 44.7 Å². The van der Waals surface area contributed by atoms with E-state index in [9.17, 15) is 9.59 Å². The maximum atomic E-state index is 12.6. The van der Waals surface area contributed by atoms with Gasteiger partial charge in [0.1, 0.15) is 13.2 Å². The van der Waals surface area contributed by atoms with Gasteiger partial charge in [-0.2, -0.15) is 0 Å². The lowest BCUT2D eigenvalue weighted by molar-refractivity contribution is 0.102.